The minimum atomic E-state index is 0.422. The average Bonchev–Trinajstić information content (AvgIpc) is 2.40. The number of halogens is 2. The molecule has 0 fully saturated rings. The summed E-state index contributed by atoms with van der Waals surface area (Å²) in [6.07, 6.45) is 1.10. The summed E-state index contributed by atoms with van der Waals surface area (Å²) in [4.78, 5) is 0.422. The SMILES string of the molecule is BrCCC(Br)c1cccc(-c2ccccc2)c1. The third-order valence-electron chi connectivity index (χ3n) is 2.72. The number of rotatable bonds is 4. The Hall–Kier alpha value is -0.600. The Morgan fingerprint density at radius 1 is 0.882 bits per heavy atom. The maximum absolute atomic E-state index is 3.72. The lowest BCUT2D eigenvalue weighted by molar-refractivity contribution is 0.929. The summed E-state index contributed by atoms with van der Waals surface area (Å²) in [6, 6.07) is 19.2. The Labute approximate surface area is 119 Å². The van der Waals surface area contributed by atoms with Gasteiger partial charge < -0.3 is 0 Å². The number of hydrogen-bond acceptors (Lipinski definition) is 0. The molecule has 0 heterocycles. The third-order valence-corrected chi connectivity index (χ3v) is 4.16. The first-order valence-electron chi connectivity index (χ1n) is 5.66. The van der Waals surface area contributed by atoms with Gasteiger partial charge in [-0.2, -0.15) is 0 Å². The van der Waals surface area contributed by atoms with Crippen LogP contribution in [0.5, 0.6) is 0 Å². The quantitative estimate of drug-likeness (QED) is 0.630. The lowest BCUT2D eigenvalue weighted by atomic mass is 10.0. The van der Waals surface area contributed by atoms with Gasteiger partial charge in [0.1, 0.15) is 0 Å². The molecule has 2 rings (SSSR count). The molecule has 1 atom stereocenters. The van der Waals surface area contributed by atoms with Crippen LogP contribution in [-0.2, 0) is 0 Å². The van der Waals surface area contributed by atoms with Gasteiger partial charge in [0, 0.05) is 10.2 Å². The van der Waals surface area contributed by atoms with Gasteiger partial charge in [-0.25, -0.2) is 0 Å². The Bertz CT molecular complexity index is 465. The van der Waals surface area contributed by atoms with Crippen molar-refractivity contribution in [1.82, 2.24) is 0 Å². The monoisotopic (exact) mass is 352 g/mol. The summed E-state index contributed by atoms with van der Waals surface area (Å²) in [5, 5.41) is 1.01. The first kappa shape index (κ1) is 12.8. The summed E-state index contributed by atoms with van der Waals surface area (Å²) < 4.78 is 0. The lowest BCUT2D eigenvalue weighted by Gasteiger charge is -2.10. The molecule has 0 aliphatic heterocycles. The molecule has 2 aromatic rings. The van der Waals surface area contributed by atoms with Crippen molar-refractivity contribution < 1.29 is 0 Å². The zero-order chi connectivity index (χ0) is 12.1. The molecule has 0 aromatic heterocycles. The molecular weight excluding hydrogens is 340 g/mol. The number of hydrogen-bond donors (Lipinski definition) is 0. The smallest absolute Gasteiger partial charge is 0.0403 e. The zero-order valence-corrected chi connectivity index (χ0v) is 12.6. The van der Waals surface area contributed by atoms with E-state index in [0.29, 0.717) is 4.83 Å². The lowest BCUT2D eigenvalue weighted by Crippen LogP contribution is -1.91. The van der Waals surface area contributed by atoms with Crippen molar-refractivity contribution in [3.8, 4) is 11.1 Å². The van der Waals surface area contributed by atoms with Gasteiger partial charge in [-0.3, -0.25) is 0 Å². The normalized spacial score (nSPS) is 12.4. The first-order chi connectivity index (χ1) is 8.31. The van der Waals surface area contributed by atoms with Crippen molar-refractivity contribution in [2.45, 2.75) is 11.2 Å². The molecule has 0 amide bonds. The van der Waals surface area contributed by atoms with Crippen molar-refractivity contribution in [3.63, 3.8) is 0 Å². The Morgan fingerprint density at radius 3 is 2.29 bits per heavy atom. The second kappa shape index (κ2) is 6.36. The fraction of sp³-hybridized carbons (Fsp3) is 0.200. The number of benzene rings is 2. The molecule has 0 N–H and O–H groups in total. The van der Waals surface area contributed by atoms with Gasteiger partial charge in [0.25, 0.3) is 0 Å². The fourth-order valence-corrected chi connectivity index (χ4v) is 3.39. The van der Waals surface area contributed by atoms with E-state index in [9.17, 15) is 0 Å². The third kappa shape index (κ3) is 3.43. The largest absolute Gasteiger partial charge is 0.0928 e. The summed E-state index contributed by atoms with van der Waals surface area (Å²) in [5.41, 5.74) is 3.89. The Kier molecular flexibility index (Phi) is 4.81. The van der Waals surface area contributed by atoms with Gasteiger partial charge in [0.2, 0.25) is 0 Å². The fourth-order valence-electron chi connectivity index (χ4n) is 1.81. The minimum absolute atomic E-state index is 0.422. The second-order valence-electron chi connectivity index (χ2n) is 3.94. The molecule has 0 saturated carbocycles. The van der Waals surface area contributed by atoms with E-state index in [1.54, 1.807) is 0 Å². The Balaban J connectivity index is 2.29. The molecular formula is C15H14Br2. The van der Waals surface area contributed by atoms with Crippen molar-refractivity contribution in [3.05, 3.63) is 60.2 Å². The van der Waals surface area contributed by atoms with Crippen LogP contribution in [0, 0.1) is 0 Å². The van der Waals surface area contributed by atoms with Crippen LogP contribution in [0.25, 0.3) is 11.1 Å². The van der Waals surface area contributed by atoms with Crippen molar-refractivity contribution in [2.75, 3.05) is 5.33 Å². The molecule has 0 aliphatic carbocycles. The van der Waals surface area contributed by atoms with Gasteiger partial charge in [-0.1, -0.05) is 86.5 Å². The summed E-state index contributed by atoms with van der Waals surface area (Å²) in [5.74, 6) is 0. The van der Waals surface area contributed by atoms with Crippen LogP contribution in [-0.4, -0.2) is 5.33 Å². The van der Waals surface area contributed by atoms with Crippen LogP contribution >= 0.6 is 31.9 Å². The van der Waals surface area contributed by atoms with Crippen LogP contribution in [0.2, 0.25) is 0 Å². The van der Waals surface area contributed by atoms with Gasteiger partial charge in [0.15, 0.2) is 0 Å². The van der Waals surface area contributed by atoms with Gasteiger partial charge in [-0.15, -0.1) is 0 Å². The summed E-state index contributed by atoms with van der Waals surface area (Å²) in [6.45, 7) is 0. The van der Waals surface area contributed by atoms with Crippen molar-refractivity contribution >= 4 is 31.9 Å². The molecule has 1 unspecified atom stereocenters. The molecule has 0 bridgehead atoms. The maximum atomic E-state index is 3.72. The molecule has 0 aliphatic rings. The molecule has 0 radical (unpaired) electrons. The van der Waals surface area contributed by atoms with Gasteiger partial charge >= 0.3 is 0 Å². The molecule has 88 valence electrons. The first-order valence-corrected chi connectivity index (χ1v) is 7.70. The molecule has 2 heteroatoms. The Morgan fingerprint density at radius 2 is 1.59 bits per heavy atom. The predicted molar refractivity (Wildman–Crippen MR) is 82.0 cm³/mol. The topological polar surface area (TPSA) is 0 Å². The van der Waals surface area contributed by atoms with E-state index in [1.165, 1.54) is 16.7 Å². The van der Waals surface area contributed by atoms with E-state index in [-0.39, 0.29) is 0 Å². The highest BCUT2D eigenvalue weighted by atomic mass is 79.9. The van der Waals surface area contributed by atoms with E-state index in [4.69, 9.17) is 0 Å². The highest BCUT2D eigenvalue weighted by Gasteiger charge is 2.07. The molecule has 2 aromatic carbocycles. The van der Waals surface area contributed by atoms with Gasteiger partial charge in [-0.05, 0) is 23.1 Å². The van der Waals surface area contributed by atoms with Crippen LogP contribution in [0.3, 0.4) is 0 Å². The maximum Gasteiger partial charge on any atom is 0.0403 e. The van der Waals surface area contributed by atoms with Crippen LogP contribution < -0.4 is 0 Å². The van der Waals surface area contributed by atoms with Gasteiger partial charge in [0.05, 0.1) is 0 Å². The van der Waals surface area contributed by atoms with E-state index in [2.05, 4.69) is 80.4 Å². The van der Waals surface area contributed by atoms with Crippen LogP contribution in [0.15, 0.2) is 54.6 Å². The zero-order valence-electron chi connectivity index (χ0n) is 9.44. The predicted octanol–water partition coefficient (Wildman–Crippen LogP) is 5.57. The highest BCUT2D eigenvalue weighted by molar-refractivity contribution is 9.09. The summed E-state index contributed by atoms with van der Waals surface area (Å²) in [7, 11) is 0. The molecule has 0 nitrogen and oxygen atoms in total. The van der Waals surface area contributed by atoms with E-state index < -0.39 is 0 Å². The van der Waals surface area contributed by atoms with E-state index in [1.807, 2.05) is 6.07 Å². The second-order valence-corrected chi connectivity index (χ2v) is 5.83. The summed E-state index contributed by atoms with van der Waals surface area (Å²) >= 11 is 7.20. The van der Waals surface area contributed by atoms with E-state index in [0.717, 1.165) is 11.8 Å². The molecule has 17 heavy (non-hydrogen) atoms. The molecule has 0 spiro atoms. The highest BCUT2D eigenvalue weighted by Crippen LogP contribution is 2.30. The standard InChI is InChI=1S/C15H14Br2/c16-10-9-15(17)14-8-4-7-13(11-14)12-5-2-1-3-6-12/h1-8,11,15H,9-10H2. The van der Waals surface area contributed by atoms with Crippen LogP contribution in [0.1, 0.15) is 16.8 Å². The average molecular weight is 354 g/mol. The minimum Gasteiger partial charge on any atom is -0.0928 e. The van der Waals surface area contributed by atoms with E-state index >= 15 is 0 Å². The number of alkyl halides is 2. The van der Waals surface area contributed by atoms with Crippen molar-refractivity contribution in [1.29, 1.82) is 0 Å². The van der Waals surface area contributed by atoms with Crippen LogP contribution in [0.4, 0.5) is 0 Å². The van der Waals surface area contributed by atoms with Crippen molar-refractivity contribution in [2.24, 2.45) is 0 Å². The molecule has 0 saturated heterocycles.